The van der Waals surface area contributed by atoms with Crippen LogP contribution in [-0.2, 0) is 81.5 Å². The lowest BCUT2D eigenvalue weighted by Crippen LogP contribution is -2.61. The van der Waals surface area contributed by atoms with Crippen molar-refractivity contribution in [2.75, 3.05) is 37.7 Å². The van der Waals surface area contributed by atoms with Crippen molar-refractivity contribution in [1.29, 1.82) is 0 Å². The van der Waals surface area contributed by atoms with Gasteiger partial charge in [0.1, 0.15) is 72.5 Å². The molecule has 22 N–H and O–H groups in total. The Morgan fingerprint density at radius 3 is 1.59 bits per heavy atom. The van der Waals surface area contributed by atoms with Crippen molar-refractivity contribution in [1.82, 2.24) is 74.0 Å². The predicted octanol–water partition coefficient (Wildman–Crippen LogP) is -4.35. The lowest BCUT2D eigenvalue weighted by atomic mass is 9.77. The number of hydrogen-bond acceptors (Lipinski definition) is 22. The number of rotatable bonds is 29. The zero-order valence-corrected chi connectivity index (χ0v) is 63.7. The van der Waals surface area contributed by atoms with E-state index in [0.717, 1.165) is 104 Å². The van der Waals surface area contributed by atoms with Gasteiger partial charge in [0.25, 0.3) is 0 Å². The molecule has 7 aliphatic rings. The molecule has 0 aromatic heterocycles. The topological polar surface area (TPSA) is 589 Å². The van der Waals surface area contributed by atoms with E-state index < -0.39 is 223 Å². The first-order chi connectivity index (χ1) is 51.8. The Labute approximate surface area is 640 Å². The van der Waals surface area contributed by atoms with Gasteiger partial charge in [0.05, 0.1) is 25.9 Å². The Morgan fingerprint density at radius 1 is 0.523 bits per heavy atom. The van der Waals surface area contributed by atoms with Gasteiger partial charge < -0.3 is 107 Å². The van der Waals surface area contributed by atoms with Gasteiger partial charge in [-0.2, -0.15) is 0 Å². The molecule has 0 aromatic rings. The van der Waals surface area contributed by atoms with Crippen LogP contribution in [0.15, 0.2) is 0 Å². The van der Waals surface area contributed by atoms with E-state index >= 15 is 28.8 Å². The second kappa shape index (κ2) is 42.7. The summed E-state index contributed by atoms with van der Waals surface area (Å²) < 4.78 is 0. The zero-order valence-electron chi connectivity index (χ0n) is 62.0. The van der Waals surface area contributed by atoms with Gasteiger partial charge >= 0.3 is 11.9 Å². The molecule has 0 spiro atoms. The molecule has 3 aliphatic carbocycles. The molecule has 0 bridgehead atoms. The molecule has 37 nitrogen and oxygen atoms in total. The normalized spacial score (nSPS) is 28.9. The second-order valence-corrected chi connectivity index (χ2v) is 32.9. The fourth-order valence-corrected chi connectivity index (χ4v) is 18.5. The van der Waals surface area contributed by atoms with Crippen LogP contribution >= 0.6 is 21.6 Å². The number of aliphatic hydroxyl groups excluding tert-OH is 1. The van der Waals surface area contributed by atoms with Gasteiger partial charge in [-0.15, -0.1) is 0 Å². The number of likely N-dealkylation sites (tertiary alicyclic amines) is 1. The largest absolute Gasteiger partial charge is 0.481 e. The van der Waals surface area contributed by atoms with Crippen molar-refractivity contribution in [2.45, 2.75) is 259 Å². The number of nitrogens with one attached hydrogen (secondary N) is 13. The molecule has 18 atom stereocenters. The maximum Gasteiger partial charge on any atom is 0.305 e. The van der Waals surface area contributed by atoms with Crippen LogP contribution in [0.25, 0.3) is 0 Å². The zero-order chi connectivity index (χ0) is 79.8. The van der Waals surface area contributed by atoms with E-state index in [1.807, 2.05) is 0 Å². The molecular weight excluding hydrogens is 1460 g/mol. The summed E-state index contributed by atoms with van der Waals surface area (Å²) in [4.78, 5) is 239. The van der Waals surface area contributed by atoms with E-state index in [-0.39, 0.29) is 92.7 Å². The summed E-state index contributed by atoms with van der Waals surface area (Å²) in [5.41, 5.74) is 16.9. The molecule has 4 saturated heterocycles. The molecule has 4 aliphatic heterocycles. The quantitative estimate of drug-likeness (QED) is 0.0315. The Bertz CT molecular complexity index is 3310. The van der Waals surface area contributed by atoms with E-state index in [4.69, 9.17) is 17.2 Å². The number of carbonyl (C=O) groups excluding carboxylic acids is 15. The molecule has 0 aromatic carbocycles. The van der Waals surface area contributed by atoms with Crippen molar-refractivity contribution in [3.8, 4) is 0 Å². The van der Waals surface area contributed by atoms with Crippen LogP contribution < -0.4 is 86.3 Å². The number of fused-ring (bicyclic) bond motifs is 2. The van der Waals surface area contributed by atoms with Gasteiger partial charge in [-0.25, -0.2) is 0 Å². The predicted molar refractivity (Wildman–Crippen MR) is 394 cm³/mol. The molecule has 7 rings (SSSR count). The van der Waals surface area contributed by atoms with Gasteiger partial charge in [-0.05, 0) is 119 Å². The monoisotopic (exact) mass is 1570 g/mol. The van der Waals surface area contributed by atoms with Crippen LogP contribution in [0.1, 0.15) is 175 Å². The van der Waals surface area contributed by atoms with E-state index in [1.165, 1.54) is 0 Å². The third-order valence-electron chi connectivity index (χ3n) is 21.7. The fraction of sp³-hybridized carbons (Fsp3) is 0.757. The number of carboxylic acid groups (broad SMARTS) is 2. The second-order valence-electron chi connectivity index (χ2n) is 30.4. The van der Waals surface area contributed by atoms with Gasteiger partial charge in [-0.1, -0.05) is 93.2 Å². The SMILES string of the molecule is CC(=O)N[C@@H](CO)C(=O)N[C@@H](CC(=O)O)C(=O)N[C@H]1CSSC[C@@H](C(=O)N2CCC[C@H]2C(=O)N[C@@H](CC2CCCCC2)C(=O)N[C@@H](CC(=O)O)C(N)=O)NC(=O)[C@H](CC(N)=O)NC(=O)[C@H](CC2CNC3CCCCC23)NC(=O)[C@H](CCC(N)=O)NC(=O)[C@H](CC(C)C)NC(=O)[C@H](CC2CNC3CCCCC23)NC1=O. The van der Waals surface area contributed by atoms with Crippen LogP contribution in [0.5, 0.6) is 0 Å². The standard InChI is InChI=1S/C70H111N17O20S2/c1-34(2)22-45-61(98)77-43(19-20-55(71)90)60(97)80-47(24-37-29-74-41-16-9-7-14-39(37)41)64(101)82-49(26-56(72)91)65(102)86-53(70(107)87-21-11-18-54(87)69(106)84-46(23-36-12-5-4-6-13-36)62(99)78-44(59(73)96)27-57(92)93)33-109-108-32-52(85-66(103)50(28-58(94)95)83-67(104)51(31-88)76-35(3)89)68(105)81-48(63(100)79-45)25-38-30-75-42-17-10-8-15-40(38)42/h34,36-54,74-75,88H,4-33H2,1-3H3,(H2,71,90)(H2,72,91)(H2,73,96)(H,76,89)(H,77,98)(H,78,99)(H,79,100)(H,80,97)(H,81,105)(H,82,101)(H,83,104)(H,84,106)(H,85,103)(H,86,102)(H,92,93)(H,94,95)/t37?,38?,39?,40?,41?,42?,43-,44-,45-,46-,47-,48-,49-,50-,51-,52-,53-,54-/m0/s1. The van der Waals surface area contributed by atoms with Crippen molar-refractivity contribution in [3.05, 3.63) is 0 Å². The summed E-state index contributed by atoms with van der Waals surface area (Å²) in [5.74, 6) is -20.3. The fourth-order valence-electron chi connectivity index (χ4n) is 16.1. The van der Waals surface area contributed by atoms with Gasteiger partial charge in [0.2, 0.25) is 88.6 Å². The molecule has 109 heavy (non-hydrogen) atoms. The lowest BCUT2D eigenvalue weighted by molar-refractivity contribution is -0.142. The Balaban J connectivity index is 1.32. The van der Waals surface area contributed by atoms with Crippen LogP contribution in [0.4, 0.5) is 0 Å². The first-order valence-electron chi connectivity index (χ1n) is 38.0. The first-order valence-corrected chi connectivity index (χ1v) is 40.5. The highest BCUT2D eigenvalue weighted by Gasteiger charge is 2.46. The minimum atomic E-state index is -2.01. The van der Waals surface area contributed by atoms with Crippen molar-refractivity contribution in [2.24, 2.45) is 52.7 Å². The minimum absolute atomic E-state index is 0.0108. The molecule has 0 radical (unpaired) electrons. The first kappa shape index (κ1) is 87.8. The number of carbonyl (C=O) groups is 17. The van der Waals surface area contributed by atoms with Crippen molar-refractivity contribution >= 4 is 122 Å². The molecule has 7 fully saturated rings. The average Bonchev–Trinajstić information content (AvgIpc) is 1.76. The van der Waals surface area contributed by atoms with E-state index in [0.29, 0.717) is 25.9 Å². The third kappa shape index (κ3) is 26.9. The van der Waals surface area contributed by atoms with Crippen LogP contribution in [0, 0.1) is 35.5 Å². The number of aliphatic hydroxyl groups is 1. The number of primary amides is 3. The summed E-state index contributed by atoms with van der Waals surface area (Å²) in [6.45, 7) is 4.22. The molecule has 39 heteroatoms. The average molecular weight is 1570 g/mol. The van der Waals surface area contributed by atoms with E-state index in [2.05, 4.69) is 69.1 Å². The summed E-state index contributed by atoms with van der Waals surface area (Å²) in [6.07, 6.45) is 6.93. The van der Waals surface area contributed by atoms with Crippen LogP contribution in [-0.4, -0.2) is 243 Å². The number of nitrogens with zero attached hydrogens (tertiary/aromatic N) is 1. The van der Waals surface area contributed by atoms with Crippen molar-refractivity contribution in [3.63, 3.8) is 0 Å². The molecule has 6 unspecified atom stereocenters. The van der Waals surface area contributed by atoms with Gasteiger partial charge in [-0.3, -0.25) is 81.5 Å². The number of hydrogen-bond donors (Lipinski definition) is 19. The van der Waals surface area contributed by atoms with E-state index in [1.54, 1.807) is 13.8 Å². The highest BCUT2D eigenvalue weighted by Crippen LogP contribution is 2.39. The molecule has 15 amide bonds. The maximum atomic E-state index is 15.5. The molecule has 608 valence electrons. The number of amides is 15. The molecule has 3 saturated carbocycles. The third-order valence-corrected chi connectivity index (χ3v) is 24.1. The number of aliphatic carboxylic acids is 2. The number of carboxylic acids is 2. The summed E-state index contributed by atoms with van der Waals surface area (Å²) >= 11 is 0. The Morgan fingerprint density at radius 2 is 1.03 bits per heavy atom. The molecular formula is C70H111N17O20S2. The smallest absolute Gasteiger partial charge is 0.305 e. The lowest BCUT2D eigenvalue weighted by Gasteiger charge is -2.32. The summed E-state index contributed by atoms with van der Waals surface area (Å²) in [7, 11) is 1.59. The summed E-state index contributed by atoms with van der Waals surface area (Å²) in [5, 5.41) is 64.7. The van der Waals surface area contributed by atoms with Crippen molar-refractivity contribution < 1.29 is 96.8 Å². The maximum absolute atomic E-state index is 15.5. The summed E-state index contributed by atoms with van der Waals surface area (Å²) in [6, 6.07) is -19.6. The highest BCUT2D eigenvalue weighted by molar-refractivity contribution is 8.76. The van der Waals surface area contributed by atoms with E-state index in [9.17, 15) is 68.1 Å². The number of nitrogens with two attached hydrogens (primary N) is 3. The van der Waals surface area contributed by atoms with Crippen LogP contribution in [0.3, 0.4) is 0 Å². The van der Waals surface area contributed by atoms with Gasteiger partial charge in [0.15, 0.2) is 0 Å². The van der Waals surface area contributed by atoms with Gasteiger partial charge in [0, 0.05) is 43.5 Å². The Hall–Kier alpha value is -8.43. The Kier molecular flexibility index (Phi) is 34.4. The highest BCUT2D eigenvalue weighted by atomic mass is 33.1. The molecule has 4 heterocycles. The minimum Gasteiger partial charge on any atom is -0.481 e. The van der Waals surface area contributed by atoms with Crippen LogP contribution in [0.2, 0.25) is 0 Å².